The number of nitrogens with zero attached hydrogens (tertiary/aromatic N) is 1. The summed E-state index contributed by atoms with van der Waals surface area (Å²) in [7, 11) is 0. The SMILES string of the molecule is CCC1(C)CN(CCOCC(C)C)C(C2CC2)CN1. The summed E-state index contributed by atoms with van der Waals surface area (Å²) in [5.41, 5.74) is 0.295. The van der Waals surface area contributed by atoms with Crippen molar-refractivity contribution in [3.05, 3.63) is 0 Å². The predicted molar refractivity (Wildman–Crippen MR) is 80.4 cm³/mol. The molecule has 19 heavy (non-hydrogen) atoms. The van der Waals surface area contributed by atoms with Gasteiger partial charge in [0.1, 0.15) is 0 Å². The monoisotopic (exact) mass is 268 g/mol. The standard InChI is InChI=1S/C16H32N2O/c1-5-16(4)12-18(8-9-19-11-13(2)3)15(10-17-16)14-6-7-14/h13-15,17H,5-12H2,1-4H3. The van der Waals surface area contributed by atoms with Gasteiger partial charge in [0.05, 0.1) is 6.61 Å². The third-order valence-corrected chi connectivity index (χ3v) is 4.68. The first-order chi connectivity index (χ1) is 9.04. The molecule has 2 atom stereocenters. The summed E-state index contributed by atoms with van der Waals surface area (Å²) in [5, 5.41) is 3.77. The van der Waals surface area contributed by atoms with Gasteiger partial charge in [-0.05, 0) is 38.0 Å². The number of hydrogen-bond acceptors (Lipinski definition) is 3. The van der Waals surface area contributed by atoms with Crippen LogP contribution in [0.3, 0.4) is 0 Å². The smallest absolute Gasteiger partial charge is 0.0593 e. The van der Waals surface area contributed by atoms with Gasteiger partial charge in [-0.15, -0.1) is 0 Å². The van der Waals surface area contributed by atoms with Crippen LogP contribution in [0.5, 0.6) is 0 Å². The molecule has 3 heteroatoms. The number of piperazine rings is 1. The van der Waals surface area contributed by atoms with Gasteiger partial charge in [-0.25, -0.2) is 0 Å². The number of rotatable bonds is 7. The molecule has 0 aromatic rings. The van der Waals surface area contributed by atoms with E-state index >= 15 is 0 Å². The van der Waals surface area contributed by atoms with Crippen LogP contribution >= 0.6 is 0 Å². The van der Waals surface area contributed by atoms with Gasteiger partial charge in [0.15, 0.2) is 0 Å². The van der Waals surface area contributed by atoms with E-state index in [0.29, 0.717) is 11.5 Å². The van der Waals surface area contributed by atoms with Crippen molar-refractivity contribution in [2.75, 3.05) is 32.8 Å². The van der Waals surface area contributed by atoms with Crippen molar-refractivity contribution < 1.29 is 4.74 Å². The van der Waals surface area contributed by atoms with Gasteiger partial charge in [-0.1, -0.05) is 20.8 Å². The molecule has 0 aromatic heterocycles. The van der Waals surface area contributed by atoms with Crippen molar-refractivity contribution in [2.24, 2.45) is 11.8 Å². The Morgan fingerprint density at radius 3 is 2.68 bits per heavy atom. The van der Waals surface area contributed by atoms with E-state index in [4.69, 9.17) is 4.74 Å². The summed E-state index contributed by atoms with van der Waals surface area (Å²) in [6.07, 6.45) is 4.06. The second kappa shape index (κ2) is 6.55. The maximum atomic E-state index is 5.79. The molecule has 0 spiro atoms. The van der Waals surface area contributed by atoms with Gasteiger partial charge in [-0.2, -0.15) is 0 Å². The van der Waals surface area contributed by atoms with E-state index in [1.54, 1.807) is 0 Å². The van der Waals surface area contributed by atoms with E-state index in [9.17, 15) is 0 Å². The van der Waals surface area contributed by atoms with Crippen LogP contribution in [0.15, 0.2) is 0 Å². The molecule has 2 aliphatic rings. The first-order valence-corrected chi connectivity index (χ1v) is 8.11. The molecule has 1 N–H and O–H groups in total. The van der Waals surface area contributed by atoms with Gasteiger partial charge >= 0.3 is 0 Å². The third kappa shape index (κ3) is 4.44. The fourth-order valence-corrected chi connectivity index (χ4v) is 3.03. The van der Waals surface area contributed by atoms with Crippen molar-refractivity contribution >= 4 is 0 Å². The first kappa shape index (κ1) is 15.3. The molecule has 0 radical (unpaired) electrons. The second-order valence-electron chi connectivity index (χ2n) is 7.14. The summed E-state index contributed by atoms with van der Waals surface area (Å²) < 4.78 is 5.79. The average molecular weight is 268 g/mol. The van der Waals surface area contributed by atoms with Crippen LogP contribution < -0.4 is 5.32 Å². The Morgan fingerprint density at radius 2 is 2.11 bits per heavy atom. The molecule has 1 saturated carbocycles. The van der Waals surface area contributed by atoms with Gasteiger partial charge in [-0.3, -0.25) is 4.90 Å². The minimum Gasteiger partial charge on any atom is -0.380 e. The minimum atomic E-state index is 0.295. The van der Waals surface area contributed by atoms with Crippen LogP contribution in [0.25, 0.3) is 0 Å². The lowest BCUT2D eigenvalue weighted by molar-refractivity contribution is 0.0304. The zero-order valence-electron chi connectivity index (χ0n) is 13.2. The highest BCUT2D eigenvalue weighted by Gasteiger charge is 2.41. The maximum Gasteiger partial charge on any atom is 0.0593 e. The summed E-state index contributed by atoms with van der Waals surface area (Å²) in [5.74, 6) is 1.59. The summed E-state index contributed by atoms with van der Waals surface area (Å²) >= 11 is 0. The summed E-state index contributed by atoms with van der Waals surface area (Å²) in [6.45, 7) is 14.3. The zero-order chi connectivity index (χ0) is 13.9. The predicted octanol–water partition coefficient (Wildman–Crippen LogP) is 2.51. The van der Waals surface area contributed by atoms with E-state index in [1.165, 1.54) is 32.4 Å². The van der Waals surface area contributed by atoms with Crippen LogP contribution in [0.1, 0.15) is 47.0 Å². The molecule has 2 rings (SSSR count). The van der Waals surface area contributed by atoms with Crippen molar-refractivity contribution in [1.29, 1.82) is 0 Å². The van der Waals surface area contributed by atoms with E-state index in [1.807, 2.05) is 0 Å². The van der Waals surface area contributed by atoms with E-state index in [2.05, 4.69) is 37.9 Å². The highest BCUT2D eigenvalue weighted by Crippen LogP contribution is 2.37. The average Bonchev–Trinajstić information content (AvgIpc) is 3.19. The Bertz CT molecular complexity index is 278. The molecule has 1 aliphatic carbocycles. The highest BCUT2D eigenvalue weighted by molar-refractivity contribution is 4.99. The Kier molecular flexibility index (Phi) is 5.27. The van der Waals surface area contributed by atoms with Crippen LogP contribution in [-0.2, 0) is 4.74 Å². The molecule has 0 aromatic carbocycles. The van der Waals surface area contributed by atoms with Crippen LogP contribution in [0.2, 0.25) is 0 Å². The topological polar surface area (TPSA) is 24.5 Å². The fraction of sp³-hybridized carbons (Fsp3) is 1.00. The van der Waals surface area contributed by atoms with Crippen molar-refractivity contribution in [1.82, 2.24) is 10.2 Å². The fourth-order valence-electron chi connectivity index (χ4n) is 3.03. The number of hydrogen-bond donors (Lipinski definition) is 1. The molecular weight excluding hydrogens is 236 g/mol. The molecular formula is C16H32N2O. The lowest BCUT2D eigenvalue weighted by atomic mass is 9.92. The molecule has 2 fully saturated rings. The second-order valence-corrected chi connectivity index (χ2v) is 7.14. The Hall–Kier alpha value is -0.120. The molecule has 2 unspecified atom stereocenters. The summed E-state index contributed by atoms with van der Waals surface area (Å²) in [4.78, 5) is 2.69. The van der Waals surface area contributed by atoms with Crippen LogP contribution in [0.4, 0.5) is 0 Å². The summed E-state index contributed by atoms with van der Waals surface area (Å²) in [6, 6.07) is 0.752. The molecule has 1 saturated heterocycles. The Labute approximate surface area is 119 Å². The maximum absolute atomic E-state index is 5.79. The van der Waals surface area contributed by atoms with Crippen molar-refractivity contribution in [2.45, 2.75) is 58.5 Å². The number of nitrogens with one attached hydrogen (secondary N) is 1. The quantitative estimate of drug-likeness (QED) is 0.718. The van der Waals surface area contributed by atoms with Crippen LogP contribution in [0, 0.1) is 11.8 Å². The molecule has 1 heterocycles. The molecule has 112 valence electrons. The minimum absolute atomic E-state index is 0.295. The largest absolute Gasteiger partial charge is 0.380 e. The van der Waals surface area contributed by atoms with E-state index in [0.717, 1.165) is 31.7 Å². The first-order valence-electron chi connectivity index (χ1n) is 8.11. The van der Waals surface area contributed by atoms with Crippen molar-refractivity contribution in [3.63, 3.8) is 0 Å². The molecule has 3 nitrogen and oxygen atoms in total. The van der Waals surface area contributed by atoms with Gasteiger partial charge in [0, 0.05) is 37.8 Å². The lowest BCUT2D eigenvalue weighted by Crippen LogP contribution is -2.63. The van der Waals surface area contributed by atoms with Gasteiger partial charge < -0.3 is 10.1 Å². The lowest BCUT2D eigenvalue weighted by Gasteiger charge is -2.46. The van der Waals surface area contributed by atoms with E-state index in [-0.39, 0.29) is 0 Å². The molecule has 1 aliphatic heterocycles. The molecule has 0 bridgehead atoms. The highest BCUT2D eigenvalue weighted by atomic mass is 16.5. The Morgan fingerprint density at radius 1 is 1.37 bits per heavy atom. The number of ether oxygens (including phenoxy) is 1. The Balaban J connectivity index is 1.81. The van der Waals surface area contributed by atoms with Gasteiger partial charge in [0.25, 0.3) is 0 Å². The molecule has 0 amide bonds. The zero-order valence-corrected chi connectivity index (χ0v) is 13.2. The normalized spacial score (nSPS) is 33.0. The van der Waals surface area contributed by atoms with E-state index < -0.39 is 0 Å². The van der Waals surface area contributed by atoms with Crippen LogP contribution in [-0.4, -0.2) is 49.3 Å². The third-order valence-electron chi connectivity index (χ3n) is 4.68. The van der Waals surface area contributed by atoms with Crippen molar-refractivity contribution in [3.8, 4) is 0 Å². The van der Waals surface area contributed by atoms with Gasteiger partial charge in [0.2, 0.25) is 0 Å².